The van der Waals surface area contributed by atoms with Gasteiger partial charge in [0, 0.05) is 12.2 Å². The fourth-order valence-corrected chi connectivity index (χ4v) is 3.55. The lowest BCUT2D eigenvalue weighted by molar-refractivity contribution is 0.0613. The monoisotopic (exact) mass is 314 g/mol. The zero-order valence-electron chi connectivity index (χ0n) is 13.2. The maximum Gasteiger partial charge on any atom is 0.241 e. The minimum atomic E-state index is -3.69. The zero-order valence-corrected chi connectivity index (χ0v) is 14.0. The summed E-state index contributed by atoms with van der Waals surface area (Å²) in [5.74, 6) is 0. The van der Waals surface area contributed by atoms with Gasteiger partial charge < -0.3 is 10.8 Å². The van der Waals surface area contributed by atoms with Crippen molar-refractivity contribution in [3.63, 3.8) is 0 Å². The van der Waals surface area contributed by atoms with E-state index in [0.717, 1.165) is 5.56 Å². The summed E-state index contributed by atoms with van der Waals surface area (Å²) in [5.41, 5.74) is 6.91. The lowest BCUT2D eigenvalue weighted by Crippen LogP contribution is -2.40. The summed E-state index contributed by atoms with van der Waals surface area (Å²) >= 11 is 0. The number of nitrogens with two attached hydrogens (primary N) is 1. The van der Waals surface area contributed by atoms with Crippen molar-refractivity contribution in [2.45, 2.75) is 57.5 Å². The molecule has 120 valence electrons. The Morgan fingerprint density at radius 3 is 2.33 bits per heavy atom. The Morgan fingerprint density at radius 1 is 1.24 bits per heavy atom. The number of nitrogens with one attached hydrogen (secondary N) is 1. The third-order valence-electron chi connectivity index (χ3n) is 3.76. The number of sulfonamides is 1. The van der Waals surface area contributed by atoms with Gasteiger partial charge in [-0.05, 0) is 49.4 Å². The van der Waals surface area contributed by atoms with E-state index < -0.39 is 15.6 Å². The summed E-state index contributed by atoms with van der Waals surface area (Å²) in [4.78, 5) is 0.216. The first-order chi connectivity index (χ1) is 9.66. The number of aliphatic hydroxyl groups is 1. The molecule has 0 fully saturated rings. The minimum absolute atomic E-state index is 0.0226. The minimum Gasteiger partial charge on any atom is -0.398 e. The molecule has 6 heteroatoms. The Kier molecular flexibility index (Phi) is 5.78. The summed E-state index contributed by atoms with van der Waals surface area (Å²) < 4.78 is 27.5. The van der Waals surface area contributed by atoms with Gasteiger partial charge in [-0.1, -0.05) is 20.8 Å². The molecule has 1 aromatic carbocycles. The molecule has 5 nitrogen and oxygen atoms in total. The van der Waals surface area contributed by atoms with Gasteiger partial charge in [-0.3, -0.25) is 0 Å². The van der Waals surface area contributed by atoms with Crippen molar-refractivity contribution in [3.05, 3.63) is 23.3 Å². The molecule has 0 heterocycles. The van der Waals surface area contributed by atoms with E-state index in [1.807, 2.05) is 26.8 Å². The summed E-state index contributed by atoms with van der Waals surface area (Å²) in [7, 11) is -3.69. The molecule has 0 aliphatic rings. The number of hydrogen-bond donors (Lipinski definition) is 3. The molecule has 1 unspecified atom stereocenters. The number of nitrogen functional groups attached to an aromatic ring is 1. The van der Waals surface area contributed by atoms with Crippen LogP contribution in [0.1, 0.15) is 45.2 Å². The van der Waals surface area contributed by atoms with Gasteiger partial charge in [0.15, 0.2) is 0 Å². The highest BCUT2D eigenvalue weighted by atomic mass is 32.2. The lowest BCUT2D eigenvalue weighted by atomic mass is 10.1. The zero-order chi connectivity index (χ0) is 16.3. The van der Waals surface area contributed by atoms with Gasteiger partial charge in [0.2, 0.25) is 10.0 Å². The van der Waals surface area contributed by atoms with E-state index in [2.05, 4.69) is 4.72 Å². The Balaban J connectivity index is 3.21. The number of hydrogen-bond acceptors (Lipinski definition) is 4. The van der Waals surface area contributed by atoms with Gasteiger partial charge in [-0.15, -0.1) is 0 Å². The molecule has 0 saturated carbocycles. The molecule has 0 radical (unpaired) electrons. The second-order valence-corrected chi connectivity index (χ2v) is 7.28. The van der Waals surface area contributed by atoms with Gasteiger partial charge >= 0.3 is 0 Å². The Hall–Kier alpha value is -1.11. The van der Waals surface area contributed by atoms with Crippen molar-refractivity contribution in [3.8, 4) is 0 Å². The first kappa shape index (κ1) is 17.9. The van der Waals surface area contributed by atoms with E-state index in [4.69, 9.17) is 5.73 Å². The van der Waals surface area contributed by atoms with E-state index in [1.165, 1.54) is 0 Å². The molecular weight excluding hydrogens is 288 g/mol. The highest BCUT2D eigenvalue weighted by Gasteiger charge is 2.25. The molecule has 1 atom stereocenters. The normalized spacial score (nSPS) is 14.9. The molecule has 0 aliphatic carbocycles. The largest absolute Gasteiger partial charge is 0.398 e. The maximum atomic E-state index is 12.5. The molecule has 0 saturated heterocycles. The summed E-state index contributed by atoms with van der Waals surface area (Å²) in [5, 5.41) is 9.96. The van der Waals surface area contributed by atoms with E-state index in [1.54, 1.807) is 13.0 Å². The average molecular weight is 314 g/mol. The molecule has 0 aliphatic heterocycles. The highest BCUT2D eigenvalue weighted by Crippen LogP contribution is 2.25. The van der Waals surface area contributed by atoms with Crippen molar-refractivity contribution >= 4 is 15.7 Å². The highest BCUT2D eigenvalue weighted by molar-refractivity contribution is 7.89. The van der Waals surface area contributed by atoms with Crippen molar-refractivity contribution < 1.29 is 13.5 Å². The summed E-state index contributed by atoms with van der Waals surface area (Å²) in [6, 6.07) is 3.48. The third kappa shape index (κ3) is 4.43. The second-order valence-electron chi connectivity index (χ2n) is 5.54. The number of benzene rings is 1. The molecule has 21 heavy (non-hydrogen) atoms. The van der Waals surface area contributed by atoms with Crippen LogP contribution in [0.15, 0.2) is 17.0 Å². The van der Waals surface area contributed by atoms with Crippen LogP contribution in [0.3, 0.4) is 0 Å². The van der Waals surface area contributed by atoms with Gasteiger partial charge in [0.1, 0.15) is 0 Å². The lowest BCUT2D eigenvalue weighted by Gasteiger charge is -2.22. The number of anilines is 1. The van der Waals surface area contributed by atoms with Gasteiger partial charge in [0.25, 0.3) is 0 Å². The van der Waals surface area contributed by atoms with Crippen LogP contribution in [-0.2, 0) is 22.9 Å². The Bertz CT molecular complexity index is 595. The molecule has 1 aromatic rings. The topological polar surface area (TPSA) is 92.4 Å². The van der Waals surface area contributed by atoms with Crippen LogP contribution in [0.5, 0.6) is 0 Å². The molecule has 0 aromatic heterocycles. The third-order valence-corrected chi connectivity index (χ3v) is 5.23. The molecule has 4 N–H and O–H groups in total. The van der Waals surface area contributed by atoms with Crippen molar-refractivity contribution in [2.24, 2.45) is 0 Å². The molecule has 0 amide bonds. The average Bonchev–Trinajstić information content (AvgIpc) is 2.44. The van der Waals surface area contributed by atoms with Crippen LogP contribution < -0.4 is 10.5 Å². The fraction of sp³-hybridized carbons (Fsp3) is 0.600. The quantitative estimate of drug-likeness (QED) is 0.670. The van der Waals surface area contributed by atoms with E-state index in [-0.39, 0.29) is 11.4 Å². The van der Waals surface area contributed by atoms with Crippen LogP contribution >= 0.6 is 0 Å². The van der Waals surface area contributed by atoms with Crippen LogP contribution in [-0.4, -0.2) is 25.7 Å². The van der Waals surface area contributed by atoms with E-state index in [0.29, 0.717) is 30.5 Å². The van der Waals surface area contributed by atoms with Gasteiger partial charge in [0.05, 0.1) is 10.5 Å². The first-order valence-electron chi connectivity index (χ1n) is 7.30. The van der Waals surface area contributed by atoms with Gasteiger partial charge in [-0.25, -0.2) is 13.1 Å². The van der Waals surface area contributed by atoms with Crippen LogP contribution in [0, 0.1) is 0 Å². The number of rotatable bonds is 7. The summed E-state index contributed by atoms with van der Waals surface area (Å²) in [6.45, 7) is 7.21. The predicted molar refractivity (Wildman–Crippen MR) is 85.7 cm³/mol. The standard InChI is InChI=1S/C15H26N2O3S/c1-5-11-8-13(16)12(6-2)14(9-11)21(19,20)17-10-15(4,18)7-3/h8-9,17-18H,5-7,10,16H2,1-4H3. The molecule has 1 rings (SSSR count). The van der Waals surface area contributed by atoms with Crippen molar-refractivity contribution in [1.82, 2.24) is 4.72 Å². The second kappa shape index (κ2) is 6.77. The molecule has 0 bridgehead atoms. The van der Waals surface area contributed by atoms with Crippen molar-refractivity contribution in [2.75, 3.05) is 12.3 Å². The van der Waals surface area contributed by atoms with Crippen LogP contribution in [0.25, 0.3) is 0 Å². The summed E-state index contributed by atoms with van der Waals surface area (Å²) in [6.07, 6.45) is 1.72. The van der Waals surface area contributed by atoms with Crippen molar-refractivity contribution in [1.29, 1.82) is 0 Å². The SMILES string of the molecule is CCc1cc(N)c(CC)c(S(=O)(=O)NCC(C)(O)CC)c1. The Morgan fingerprint density at radius 2 is 1.86 bits per heavy atom. The molecular formula is C15H26N2O3S. The van der Waals surface area contributed by atoms with Gasteiger partial charge in [-0.2, -0.15) is 0 Å². The first-order valence-corrected chi connectivity index (χ1v) is 8.78. The van der Waals surface area contributed by atoms with Crippen LogP contribution in [0.2, 0.25) is 0 Å². The molecule has 0 spiro atoms. The number of aryl methyl sites for hydroxylation is 1. The van der Waals surface area contributed by atoms with E-state index in [9.17, 15) is 13.5 Å². The fourth-order valence-electron chi connectivity index (χ4n) is 2.00. The van der Waals surface area contributed by atoms with E-state index >= 15 is 0 Å². The maximum absolute atomic E-state index is 12.5. The predicted octanol–water partition coefficient (Wildman–Crippen LogP) is 1.83. The smallest absolute Gasteiger partial charge is 0.241 e. The van der Waals surface area contributed by atoms with Crippen LogP contribution in [0.4, 0.5) is 5.69 Å². The Labute approximate surface area is 127 Å².